The number of hydrogen-bond donors (Lipinski definition) is 0. The third kappa shape index (κ3) is 3.62. The van der Waals surface area contributed by atoms with Crippen molar-refractivity contribution in [1.29, 1.82) is 0 Å². The Balaban J connectivity index is 1.42. The van der Waals surface area contributed by atoms with Crippen molar-refractivity contribution in [3.8, 4) is 0 Å². The van der Waals surface area contributed by atoms with E-state index in [1.807, 2.05) is 23.5 Å². The molecule has 0 spiro atoms. The van der Waals surface area contributed by atoms with Crippen LogP contribution in [-0.2, 0) is 0 Å². The van der Waals surface area contributed by atoms with Crippen LogP contribution in [-0.4, -0.2) is 0 Å². The molecule has 0 saturated heterocycles. The molecular weight excluding hydrogens is 612 g/mol. The smallest absolute Gasteiger partial charge is 0.0617 e. The highest BCUT2D eigenvalue weighted by Crippen LogP contribution is 2.56. The number of hydrogen-bond acceptors (Lipinski definition) is 4. The lowest BCUT2D eigenvalue weighted by atomic mass is 10.1. The Morgan fingerprint density at radius 3 is 0.972 bits per heavy atom. The summed E-state index contributed by atoms with van der Waals surface area (Å²) < 4.78 is 2.07. The van der Waals surface area contributed by atoms with Crippen LogP contribution in [0, 0.1) is 0 Å². The van der Waals surface area contributed by atoms with E-state index in [0.29, 0.717) is 0 Å². The van der Waals surface area contributed by atoms with E-state index in [9.17, 15) is 0 Å². The summed E-state index contributed by atoms with van der Waals surface area (Å²) in [5.41, 5.74) is 6.94. The van der Waals surface area contributed by atoms with E-state index in [0.717, 1.165) is 20.3 Å². The van der Waals surface area contributed by atoms with Gasteiger partial charge in [-0.3, -0.25) is 0 Å². The van der Waals surface area contributed by atoms with Gasteiger partial charge in [0.2, 0.25) is 0 Å². The Morgan fingerprint density at radius 1 is 0.389 bits per heavy atom. The predicted molar refractivity (Wildman–Crippen MR) is 159 cm³/mol. The zero-order chi connectivity index (χ0) is 24.2. The van der Waals surface area contributed by atoms with Gasteiger partial charge in [0.25, 0.3) is 0 Å². The topological polar surface area (TPSA) is 6.48 Å². The second-order valence-electron chi connectivity index (χ2n) is 8.50. The Hall–Kier alpha value is -2.64. The lowest BCUT2D eigenvalue weighted by Crippen LogP contribution is -2.17. The normalized spacial score (nSPS) is 13.5. The van der Waals surface area contributed by atoms with Crippen LogP contribution in [0.25, 0.3) is 0 Å². The standard InChI is InChI=1S/C30H18Br2N2S2/c31-19-18-26(34-23-11-3-7-15-29(23)36-30-16-8-4-12-24(30)34)20(32)17-25(19)33-21-9-1-5-13-27(21)35-28-14-6-2-10-22(28)33/h1-18H. The maximum atomic E-state index is 3.97. The summed E-state index contributed by atoms with van der Waals surface area (Å²) in [6.07, 6.45) is 0. The van der Waals surface area contributed by atoms with Gasteiger partial charge in [0.1, 0.15) is 0 Å². The fraction of sp³-hybridized carbons (Fsp3) is 0. The monoisotopic (exact) mass is 628 g/mol. The lowest BCUT2D eigenvalue weighted by molar-refractivity contribution is 1.14. The van der Waals surface area contributed by atoms with Crippen LogP contribution in [0.4, 0.5) is 34.1 Å². The van der Waals surface area contributed by atoms with Crippen LogP contribution in [0.2, 0.25) is 0 Å². The van der Waals surface area contributed by atoms with Crippen molar-refractivity contribution in [2.45, 2.75) is 19.6 Å². The van der Waals surface area contributed by atoms with Gasteiger partial charge < -0.3 is 9.80 Å². The molecule has 2 aliphatic heterocycles. The van der Waals surface area contributed by atoms with Crippen LogP contribution >= 0.6 is 55.4 Å². The molecule has 0 aromatic heterocycles. The summed E-state index contributed by atoms with van der Waals surface area (Å²) >= 11 is 11.6. The molecule has 5 aromatic carbocycles. The van der Waals surface area contributed by atoms with Crippen molar-refractivity contribution in [2.75, 3.05) is 9.80 Å². The molecule has 2 nitrogen and oxygen atoms in total. The number of halogens is 2. The number of benzene rings is 5. The van der Waals surface area contributed by atoms with E-state index < -0.39 is 0 Å². The molecule has 0 N–H and O–H groups in total. The van der Waals surface area contributed by atoms with Crippen LogP contribution in [0.5, 0.6) is 0 Å². The molecular formula is C30H18Br2N2S2. The number of fused-ring (bicyclic) bond motifs is 4. The predicted octanol–water partition coefficient (Wildman–Crippen LogP) is 11.1. The molecule has 0 atom stereocenters. The third-order valence-corrected chi connectivity index (χ3v) is 9.89. The third-order valence-electron chi connectivity index (χ3n) is 6.36. The summed E-state index contributed by atoms with van der Waals surface area (Å²) in [6.45, 7) is 0. The van der Waals surface area contributed by atoms with Gasteiger partial charge in [0.05, 0.1) is 34.1 Å². The van der Waals surface area contributed by atoms with Crippen LogP contribution in [0.1, 0.15) is 0 Å². The number of rotatable bonds is 2. The SMILES string of the molecule is Brc1cc(N2c3ccccc3Sc3ccccc32)c(Br)cc1N1c2ccccc2Sc2ccccc21. The minimum atomic E-state index is 1.03. The summed E-state index contributed by atoms with van der Waals surface area (Å²) in [6, 6.07) is 38.9. The first-order valence-electron chi connectivity index (χ1n) is 11.5. The maximum Gasteiger partial charge on any atom is 0.0617 e. The van der Waals surface area contributed by atoms with Gasteiger partial charge in [-0.05, 0) is 92.5 Å². The first kappa shape index (κ1) is 22.5. The Kier molecular flexibility index (Phi) is 5.66. The van der Waals surface area contributed by atoms with Crippen LogP contribution < -0.4 is 9.80 Å². The van der Waals surface area contributed by atoms with Gasteiger partial charge in [0.15, 0.2) is 0 Å². The van der Waals surface area contributed by atoms with E-state index in [1.165, 1.54) is 42.3 Å². The zero-order valence-electron chi connectivity index (χ0n) is 18.9. The molecule has 36 heavy (non-hydrogen) atoms. The van der Waals surface area contributed by atoms with E-state index in [1.54, 1.807) is 0 Å². The highest BCUT2D eigenvalue weighted by atomic mass is 79.9. The summed E-state index contributed by atoms with van der Waals surface area (Å²) in [7, 11) is 0. The van der Waals surface area contributed by atoms with Gasteiger partial charge in [-0.1, -0.05) is 72.1 Å². The van der Waals surface area contributed by atoms with Crippen molar-refractivity contribution >= 4 is 89.5 Å². The van der Waals surface area contributed by atoms with Gasteiger partial charge >= 0.3 is 0 Å². The molecule has 174 valence electrons. The van der Waals surface area contributed by atoms with Crippen molar-refractivity contribution in [1.82, 2.24) is 0 Å². The number of nitrogens with zero attached hydrogens (tertiary/aromatic N) is 2. The Morgan fingerprint density at radius 2 is 0.667 bits per heavy atom. The average Bonchev–Trinajstić information content (AvgIpc) is 2.92. The number of para-hydroxylation sites is 4. The van der Waals surface area contributed by atoms with Crippen molar-refractivity contribution in [2.24, 2.45) is 0 Å². The van der Waals surface area contributed by atoms with E-state index in [-0.39, 0.29) is 0 Å². The minimum Gasteiger partial charge on any atom is -0.307 e. The molecule has 5 aromatic rings. The van der Waals surface area contributed by atoms with Gasteiger partial charge in [-0.15, -0.1) is 0 Å². The van der Waals surface area contributed by atoms with Gasteiger partial charge in [-0.2, -0.15) is 0 Å². The average molecular weight is 630 g/mol. The quantitative estimate of drug-likeness (QED) is 0.187. The largest absolute Gasteiger partial charge is 0.307 e. The van der Waals surface area contributed by atoms with E-state index >= 15 is 0 Å². The molecule has 2 heterocycles. The lowest BCUT2D eigenvalue weighted by Gasteiger charge is -2.36. The second-order valence-corrected chi connectivity index (χ2v) is 12.4. The summed E-state index contributed by atoms with van der Waals surface area (Å²) in [5, 5.41) is 0. The molecule has 0 radical (unpaired) electrons. The number of anilines is 6. The maximum absolute atomic E-state index is 3.97. The van der Waals surface area contributed by atoms with E-state index in [2.05, 4.69) is 151 Å². The molecule has 0 fully saturated rings. The Labute approximate surface area is 235 Å². The van der Waals surface area contributed by atoms with Crippen molar-refractivity contribution < 1.29 is 0 Å². The molecule has 7 rings (SSSR count). The second kappa shape index (κ2) is 9.03. The molecule has 2 aliphatic rings. The van der Waals surface area contributed by atoms with Crippen molar-refractivity contribution in [3.63, 3.8) is 0 Å². The molecule has 6 heteroatoms. The molecule has 0 unspecified atom stereocenters. The molecule has 0 amide bonds. The zero-order valence-corrected chi connectivity index (χ0v) is 23.7. The fourth-order valence-electron chi connectivity index (χ4n) is 4.80. The highest BCUT2D eigenvalue weighted by molar-refractivity contribution is 9.11. The first-order chi connectivity index (χ1) is 17.7. The van der Waals surface area contributed by atoms with Crippen LogP contribution in [0.15, 0.2) is 138 Å². The van der Waals surface area contributed by atoms with Crippen LogP contribution in [0.3, 0.4) is 0 Å². The van der Waals surface area contributed by atoms with Crippen molar-refractivity contribution in [3.05, 3.63) is 118 Å². The fourth-order valence-corrected chi connectivity index (χ4v) is 7.93. The minimum absolute atomic E-state index is 1.03. The highest BCUT2D eigenvalue weighted by Gasteiger charge is 2.29. The molecule has 0 saturated carbocycles. The molecule has 0 aliphatic carbocycles. The van der Waals surface area contributed by atoms with Gasteiger partial charge in [0, 0.05) is 28.5 Å². The molecule has 0 bridgehead atoms. The van der Waals surface area contributed by atoms with E-state index in [4.69, 9.17) is 0 Å². The van der Waals surface area contributed by atoms with Gasteiger partial charge in [-0.25, -0.2) is 0 Å². The Bertz CT molecular complexity index is 1440. The summed E-state index contributed by atoms with van der Waals surface area (Å²) in [5.74, 6) is 0. The first-order valence-corrected chi connectivity index (χ1v) is 14.7. The summed E-state index contributed by atoms with van der Waals surface area (Å²) in [4.78, 5) is 9.71.